The molecule has 0 unspecified atom stereocenters. The van der Waals surface area contributed by atoms with Crippen LogP contribution in [0.15, 0.2) is 57.8 Å². The Morgan fingerprint density at radius 1 is 1.12 bits per heavy atom. The van der Waals surface area contributed by atoms with Gasteiger partial charge in [-0.15, -0.1) is 0 Å². The molecule has 7 heteroatoms. The summed E-state index contributed by atoms with van der Waals surface area (Å²) in [4.78, 5) is 14.6. The minimum absolute atomic E-state index is 0.0926. The smallest absolute Gasteiger partial charge is 0.262 e. The lowest BCUT2D eigenvalue weighted by molar-refractivity contribution is 0.0994. The zero-order valence-electron chi connectivity index (χ0n) is 18.5. The van der Waals surface area contributed by atoms with Gasteiger partial charge in [0.2, 0.25) is 0 Å². The zero-order valence-corrected chi connectivity index (χ0v) is 19.3. The third kappa shape index (κ3) is 2.99. The number of nitrogens with zero attached hydrogens (tertiary/aromatic N) is 1. The number of hydrogen-bond acceptors (Lipinski definition) is 4. The van der Waals surface area contributed by atoms with E-state index in [-0.39, 0.29) is 10.8 Å². The predicted molar refractivity (Wildman–Crippen MR) is 130 cm³/mol. The lowest BCUT2D eigenvalue weighted by atomic mass is 9.88. The fraction of sp³-hybridized carbons (Fsp3) is 0.269. The second kappa shape index (κ2) is 7.09. The van der Waals surface area contributed by atoms with Gasteiger partial charge in [0.05, 0.1) is 10.6 Å². The van der Waals surface area contributed by atoms with E-state index in [0.29, 0.717) is 34.5 Å². The highest BCUT2D eigenvalue weighted by Crippen LogP contribution is 2.41. The number of carbonyl (C=O) groups excluding carboxylic acids is 1. The van der Waals surface area contributed by atoms with Gasteiger partial charge in [0.1, 0.15) is 11.3 Å². The van der Waals surface area contributed by atoms with E-state index in [1.54, 1.807) is 41.3 Å². The summed E-state index contributed by atoms with van der Waals surface area (Å²) < 4.78 is 35.7. The number of anilines is 2. The third-order valence-corrected chi connectivity index (χ3v) is 8.33. The fourth-order valence-corrected chi connectivity index (χ4v) is 6.55. The van der Waals surface area contributed by atoms with Gasteiger partial charge in [0.25, 0.3) is 15.9 Å². The molecule has 0 radical (unpaired) electrons. The maximum atomic E-state index is 13.5. The summed E-state index contributed by atoms with van der Waals surface area (Å²) in [6.45, 7) is 4.67. The van der Waals surface area contributed by atoms with E-state index in [9.17, 15) is 13.2 Å². The molecule has 2 heterocycles. The Hall–Kier alpha value is -3.32. The van der Waals surface area contributed by atoms with E-state index in [0.717, 1.165) is 41.7 Å². The highest BCUT2D eigenvalue weighted by atomic mass is 32.2. The van der Waals surface area contributed by atoms with Crippen LogP contribution in [-0.2, 0) is 22.9 Å². The molecule has 0 saturated heterocycles. The Bertz CT molecular complexity index is 1570. The van der Waals surface area contributed by atoms with Crippen molar-refractivity contribution >= 4 is 49.0 Å². The molecule has 0 spiro atoms. The van der Waals surface area contributed by atoms with Gasteiger partial charge >= 0.3 is 0 Å². The van der Waals surface area contributed by atoms with Crippen LogP contribution in [0.1, 0.15) is 41.9 Å². The first-order valence-electron chi connectivity index (χ1n) is 11.3. The average Bonchev–Trinajstić information content (AvgIpc) is 3.29. The minimum atomic E-state index is -3.88. The summed E-state index contributed by atoms with van der Waals surface area (Å²) in [6.07, 6.45) is 2.96. The molecule has 0 saturated carbocycles. The van der Waals surface area contributed by atoms with Gasteiger partial charge in [-0.3, -0.25) is 9.52 Å². The number of fused-ring (bicyclic) bond motifs is 3. The summed E-state index contributed by atoms with van der Waals surface area (Å²) in [5, 5.41) is 2.22. The van der Waals surface area contributed by atoms with Crippen molar-refractivity contribution in [2.45, 2.75) is 38.0 Å². The molecule has 6 nitrogen and oxygen atoms in total. The maximum Gasteiger partial charge on any atom is 0.262 e. The van der Waals surface area contributed by atoms with Gasteiger partial charge in [-0.1, -0.05) is 19.1 Å². The van der Waals surface area contributed by atoms with Crippen LogP contribution >= 0.6 is 0 Å². The van der Waals surface area contributed by atoms with Crippen LogP contribution < -0.4 is 9.62 Å². The van der Waals surface area contributed by atoms with Crippen molar-refractivity contribution in [2.75, 3.05) is 16.2 Å². The van der Waals surface area contributed by atoms with Gasteiger partial charge in [0, 0.05) is 45.9 Å². The molecule has 3 aromatic carbocycles. The van der Waals surface area contributed by atoms with Crippen LogP contribution in [0.5, 0.6) is 0 Å². The Labute approximate surface area is 192 Å². The topological polar surface area (TPSA) is 79.6 Å². The van der Waals surface area contributed by atoms with Gasteiger partial charge in [-0.2, -0.15) is 0 Å². The van der Waals surface area contributed by atoms with Crippen LogP contribution in [0.4, 0.5) is 11.4 Å². The molecule has 168 valence electrons. The van der Waals surface area contributed by atoms with Gasteiger partial charge < -0.3 is 9.32 Å². The molecule has 33 heavy (non-hydrogen) atoms. The molecule has 1 aliphatic heterocycles. The number of rotatable bonds is 4. The van der Waals surface area contributed by atoms with E-state index in [1.165, 1.54) is 5.56 Å². The van der Waals surface area contributed by atoms with Crippen LogP contribution in [0.3, 0.4) is 0 Å². The first-order chi connectivity index (χ1) is 15.9. The van der Waals surface area contributed by atoms with E-state index in [2.05, 4.69) is 11.6 Å². The van der Waals surface area contributed by atoms with Gasteiger partial charge in [0.15, 0.2) is 0 Å². The molecule has 1 atom stereocenters. The van der Waals surface area contributed by atoms with Crippen molar-refractivity contribution < 1.29 is 17.6 Å². The molecule has 4 aromatic rings. The molecule has 0 bridgehead atoms. The van der Waals surface area contributed by atoms with E-state index in [1.807, 2.05) is 19.1 Å². The second-order valence-corrected chi connectivity index (χ2v) is 10.7. The SMILES string of the molecule is CCN1C(=O)c2cccc3c(S(=O)(=O)Nc4ccc5oc6c(c5c4)C[C@@H](C)CC6)ccc1c23. The monoisotopic (exact) mass is 460 g/mol. The summed E-state index contributed by atoms with van der Waals surface area (Å²) in [6, 6.07) is 14.0. The predicted octanol–water partition coefficient (Wildman–Crippen LogP) is 5.49. The van der Waals surface area contributed by atoms with Crippen molar-refractivity contribution in [3.05, 3.63) is 65.4 Å². The third-order valence-electron chi connectivity index (χ3n) is 6.89. The Morgan fingerprint density at radius 2 is 1.97 bits per heavy atom. The Kier molecular flexibility index (Phi) is 4.36. The molecular formula is C26H24N2O4S. The highest BCUT2D eigenvalue weighted by Gasteiger charge is 2.31. The summed E-state index contributed by atoms with van der Waals surface area (Å²) in [5.74, 6) is 1.50. The number of aryl methyl sites for hydroxylation is 1. The molecular weight excluding hydrogens is 436 g/mol. The minimum Gasteiger partial charge on any atom is -0.461 e. The van der Waals surface area contributed by atoms with E-state index >= 15 is 0 Å². The number of furan rings is 1. The number of nitrogens with one attached hydrogen (secondary N) is 1. The van der Waals surface area contributed by atoms with Crippen molar-refractivity contribution in [3.63, 3.8) is 0 Å². The molecule has 0 fully saturated rings. The number of sulfonamides is 1. The number of amides is 1. The summed E-state index contributed by atoms with van der Waals surface area (Å²) >= 11 is 0. The molecule has 1 N–H and O–H groups in total. The lowest BCUT2D eigenvalue weighted by Crippen LogP contribution is -2.25. The molecule has 1 aromatic heterocycles. The van der Waals surface area contributed by atoms with Crippen molar-refractivity contribution in [3.8, 4) is 0 Å². The fourth-order valence-electron chi connectivity index (χ4n) is 5.29. The van der Waals surface area contributed by atoms with Crippen molar-refractivity contribution in [1.82, 2.24) is 0 Å². The van der Waals surface area contributed by atoms with Crippen LogP contribution in [0.25, 0.3) is 21.7 Å². The quantitative estimate of drug-likeness (QED) is 0.437. The van der Waals surface area contributed by atoms with Crippen LogP contribution in [-0.4, -0.2) is 20.9 Å². The Morgan fingerprint density at radius 3 is 2.79 bits per heavy atom. The average molecular weight is 461 g/mol. The van der Waals surface area contributed by atoms with Gasteiger partial charge in [-0.05, 0) is 62.1 Å². The molecule has 2 aliphatic rings. The van der Waals surface area contributed by atoms with Gasteiger partial charge in [-0.25, -0.2) is 8.42 Å². The molecule has 6 rings (SSSR count). The van der Waals surface area contributed by atoms with Crippen molar-refractivity contribution in [2.24, 2.45) is 5.92 Å². The van der Waals surface area contributed by atoms with E-state index < -0.39 is 10.0 Å². The zero-order chi connectivity index (χ0) is 22.9. The normalized spacial score (nSPS) is 17.7. The molecule has 1 amide bonds. The van der Waals surface area contributed by atoms with Crippen LogP contribution in [0, 0.1) is 5.92 Å². The molecule has 1 aliphatic carbocycles. The number of benzene rings is 3. The number of hydrogen-bond donors (Lipinski definition) is 1. The van der Waals surface area contributed by atoms with Crippen LogP contribution in [0.2, 0.25) is 0 Å². The summed E-state index contributed by atoms with van der Waals surface area (Å²) in [5.41, 5.74) is 3.78. The lowest BCUT2D eigenvalue weighted by Gasteiger charge is -2.17. The largest absolute Gasteiger partial charge is 0.461 e. The second-order valence-electron chi connectivity index (χ2n) is 9.03. The maximum absolute atomic E-state index is 13.5. The first-order valence-corrected chi connectivity index (χ1v) is 12.8. The first kappa shape index (κ1) is 20.3. The van der Waals surface area contributed by atoms with E-state index in [4.69, 9.17) is 4.42 Å². The van der Waals surface area contributed by atoms with Crippen molar-refractivity contribution in [1.29, 1.82) is 0 Å². The summed E-state index contributed by atoms with van der Waals surface area (Å²) in [7, 11) is -3.88. The number of carbonyl (C=O) groups is 1. The standard InChI is InChI=1S/C26H24N2O4S/c1-3-28-21-9-12-24(17-5-4-6-18(25(17)21)26(28)29)33(30,31)27-16-8-11-23-20(14-16)19-13-15(2)7-10-22(19)32-23/h4-6,8-9,11-12,14-15,27H,3,7,10,13H2,1-2H3/t15-/m0/s1. The highest BCUT2D eigenvalue weighted by molar-refractivity contribution is 7.93. The Balaban J connectivity index is 1.43.